The molecule has 1 amide bonds. The smallest absolute Gasteiger partial charge is 0.348 e. The number of azide groups is 1. The first-order chi connectivity index (χ1) is 10.3. The van der Waals surface area contributed by atoms with Crippen LogP contribution in [0.15, 0.2) is 29.4 Å². The minimum Gasteiger partial charge on any atom is -0.348 e. The fourth-order valence-corrected chi connectivity index (χ4v) is 2.46. The highest BCUT2D eigenvalue weighted by Gasteiger charge is 2.37. The third kappa shape index (κ3) is 3.80. The average molecular weight is 343 g/mol. The average Bonchev–Trinajstić information content (AvgIpc) is 2.72. The van der Waals surface area contributed by atoms with Crippen molar-refractivity contribution in [3.63, 3.8) is 0 Å². The van der Waals surface area contributed by atoms with Crippen LogP contribution in [0, 0.1) is 0 Å². The lowest BCUT2D eigenvalue weighted by molar-refractivity contribution is -0.118. The Morgan fingerprint density at radius 2 is 2.09 bits per heavy atom. The van der Waals surface area contributed by atoms with Crippen LogP contribution in [0.1, 0.15) is 0 Å². The number of phosphoric acid groups is 1. The maximum atomic E-state index is 12.2. The highest BCUT2D eigenvalue weighted by molar-refractivity contribution is 7.80. The first-order valence-corrected chi connectivity index (χ1v) is 7.75. The number of anilines is 1. The number of phosphoric ester groups is 1. The normalized spacial score (nSPS) is 18.1. The summed E-state index contributed by atoms with van der Waals surface area (Å²) in [5.41, 5.74) is 9.13. The van der Waals surface area contributed by atoms with Gasteiger partial charge in [0.25, 0.3) is 5.91 Å². The molecule has 0 spiro atoms. The fraction of sp³-hybridized carbons (Fsp3) is 0.200. The molecule has 1 unspecified atom stereocenters. The number of nitrogens with zero attached hydrogens (tertiary/aromatic N) is 4. The van der Waals surface area contributed by atoms with Gasteiger partial charge < -0.3 is 15.1 Å². The summed E-state index contributed by atoms with van der Waals surface area (Å²) in [6.45, 7) is -0.517. The Morgan fingerprint density at radius 1 is 1.45 bits per heavy atom. The molecule has 22 heavy (non-hydrogen) atoms. The van der Waals surface area contributed by atoms with Crippen LogP contribution in [0.5, 0.6) is 0 Å². The molecule has 1 aromatic rings. The largest absolute Gasteiger partial charge is 0.469 e. The molecule has 1 saturated heterocycles. The minimum atomic E-state index is -4.67. The van der Waals surface area contributed by atoms with E-state index in [-0.39, 0.29) is 5.11 Å². The van der Waals surface area contributed by atoms with E-state index in [1.54, 1.807) is 0 Å². The summed E-state index contributed by atoms with van der Waals surface area (Å²) in [6.07, 6.45) is 0. The maximum Gasteiger partial charge on any atom is 0.469 e. The first-order valence-electron chi connectivity index (χ1n) is 5.81. The van der Waals surface area contributed by atoms with Crippen molar-refractivity contribution in [3.05, 3.63) is 34.7 Å². The summed E-state index contributed by atoms with van der Waals surface area (Å²) in [5.74, 6) is -0.505. The van der Waals surface area contributed by atoms with Crippen molar-refractivity contribution in [3.8, 4) is 0 Å². The molecule has 3 N–H and O–H groups in total. The molecule has 2 rings (SSSR count). The Labute approximate surface area is 129 Å². The van der Waals surface area contributed by atoms with Crippen LogP contribution in [0.25, 0.3) is 10.4 Å². The van der Waals surface area contributed by atoms with Gasteiger partial charge in [0.15, 0.2) is 5.11 Å². The zero-order valence-corrected chi connectivity index (χ0v) is 12.6. The van der Waals surface area contributed by atoms with Crippen molar-refractivity contribution in [2.75, 3.05) is 11.5 Å². The number of carbonyl (C=O) groups excluding carboxylic acids is 1. The van der Waals surface area contributed by atoms with E-state index >= 15 is 0 Å². The molecular weight excluding hydrogens is 333 g/mol. The van der Waals surface area contributed by atoms with Crippen LogP contribution in [-0.2, 0) is 13.9 Å². The SMILES string of the molecule is [N-]=[N+]=Nc1ccc(N2C(=O)C(COP(=O)(O)O)NC2=S)cc1. The second-order valence-corrected chi connectivity index (χ2v) is 5.79. The van der Waals surface area contributed by atoms with Crippen molar-refractivity contribution in [1.82, 2.24) is 5.32 Å². The molecule has 1 aliphatic heterocycles. The highest BCUT2D eigenvalue weighted by Crippen LogP contribution is 2.36. The lowest BCUT2D eigenvalue weighted by atomic mass is 10.2. The Hall–Kier alpha value is -2.00. The molecule has 0 bridgehead atoms. The molecule has 0 aliphatic carbocycles. The number of amides is 1. The Bertz CT molecular complexity index is 698. The molecule has 1 heterocycles. The zero-order chi connectivity index (χ0) is 16.3. The van der Waals surface area contributed by atoms with E-state index in [4.69, 9.17) is 27.5 Å². The molecule has 0 saturated carbocycles. The zero-order valence-electron chi connectivity index (χ0n) is 10.9. The third-order valence-corrected chi connectivity index (χ3v) is 3.48. The Balaban J connectivity index is 2.14. The van der Waals surface area contributed by atoms with Crippen molar-refractivity contribution in [2.24, 2.45) is 5.11 Å². The van der Waals surface area contributed by atoms with E-state index in [9.17, 15) is 9.36 Å². The first kappa shape index (κ1) is 16.4. The van der Waals surface area contributed by atoms with Gasteiger partial charge in [0.2, 0.25) is 0 Å². The van der Waals surface area contributed by atoms with E-state index in [1.165, 1.54) is 29.2 Å². The predicted octanol–water partition coefficient (Wildman–Crippen LogP) is 1.33. The van der Waals surface area contributed by atoms with Crippen molar-refractivity contribution >= 4 is 42.4 Å². The number of hydrogen-bond donors (Lipinski definition) is 3. The van der Waals surface area contributed by atoms with E-state index in [2.05, 4.69) is 19.9 Å². The van der Waals surface area contributed by atoms with Crippen molar-refractivity contribution in [1.29, 1.82) is 0 Å². The Morgan fingerprint density at radius 3 is 2.64 bits per heavy atom. The third-order valence-electron chi connectivity index (χ3n) is 2.70. The lowest BCUT2D eigenvalue weighted by Gasteiger charge is -2.15. The quantitative estimate of drug-likeness (QED) is 0.240. The summed E-state index contributed by atoms with van der Waals surface area (Å²) in [5, 5.41) is 6.11. The summed E-state index contributed by atoms with van der Waals surface area (Å²) in [7, 11) is -4.67. The molecule has 1 atom stereocenters. The van der Waals surface area contributed by atoms with E-state index in [0.717, 1.165) is 0 Å². The fourth-order valence-electron chi connectivity index (χ4n) is 1.78. The number of hydrogen-bond acceptors (Lipinski definition) is 5. The summed E-state index contributed by atoms with van der Waals surface area (Å²) >= 11 is 5.03. The highest BCUT2D eigenvalue weighted by atomic mass is 32.1. The standard InChI is InChI=1S/C10H10N5O5PS/c11-14-13-6-1-3-7(4-2-6)15-9(16)8(12-10(15)22)5-20-21(17,18)19/h1-4,8H,5H2,(H,12,22)(H2,17,18,19). The minimum absolute atomic E-state index is 0.0841. The molecule has 1 fully saturated rings. The summed E-state index contributed by atoms with van der Waals surface area (Å²) < 4.78 is 15.0. The van der Waals surface area contributed by atoms with Crippen LogP contribution in [0.4, 0.5) is 11.4 Å². The van der Waals surface area contributed by atoms with Crippen LogP contribution in [-0.4, -0.2) is 33.5 Å². The second-order valence-electron chi connectivity index (χ2n) is 4.17. The molecule has 0 radical (unpaired) electrons. The second kappa shape index (κ2) is 6.41. The molecule has 1 aromatic carbocycles. The van der Waals surface area contributed by atoms with Gasteiger partial charge in [-0.3, -0.25) is 14.2 Å². The van der Waals surface area contributed by atoms with Gasteiger partial charge in [0.1, 0.15) is 6.04 Å². The van der Waals surface area contributed by atoms with Crippen LogP contribution in [0.2, 0.25) is 0 Å². The number of benzene rings is 1. The van der Waals surface area contributed by atoms with Gasteiger partial charge in [-0.1, -0.05) is 17.2 Å². The summed E-state index contributed by atoms with van der Waals surface area (Å²) in [4.78, 5) is 33.3. The number of thiocarbonyl (C=S) groups is 1. The van der Waals surface area contributed by atoms with Crippen LogP contribution >= 0.6 is 20.0 Å². The van der Waals surface area contributed by atoms with Gasteiger partial charge in [-0.15, -0.1) is 0 Å². The molecule has 1 aliphatic rings. The number of carbonyl (C=O) groups is 1. The van der Waals surface area contributed by atoms with Crippen molar-refractivity contribution < 1.29 is 23.7 Å². The van der Waals surface area contributed by atoms with E-state index in [0.29, 0.717) is 11.4 Å². The molecule has 0 aromatic heterocycles. The Kier molecular flexibility index (Phi) is 4.77. The maximum absolute atomic E-state index is 12.2. The van der Waals surface area contributed by atoms with Crippen LogP contribution in [0.3, 0.4) is 0 Å². The van der Waals surface area contributed by atoms with Gasteiger partial charge in [-0.2, -0.15) is 0 Å². The van der Waals surface area contributed by atoms with Gasteiger partial charge in [-0.05, 0) is 29.9 Å². The van der Waals surface area contributed by atoms with Gasteiger partial charge in [-0.25, -0.2) is 4.57 Å². The monoisotopic (exact) mass is 343 g/mol. The van der Waals surface area contributed by atoms with E-state index < -0.39 is 26.4 Å². The van der Waals surface area contributed by atoms with Crippen molar-refractivity contribution in [2.45, 2.75) is 6.04 Å². The van der Waals surface area contributed by atoms with Gasteiger partial charge >= 0.3 is 7.82 Å². The topological polar surface area (TPSA) is 148 Å². The molecule has 116 valence electrons. The number of nitrogens with one attached hydrogen (secondary N) is 1. The lowest BCUT2D eigenvalue weighted by Crippen LogP contribution is -2.34. The van der Waals surface area contributed by atoms with Crippen LogP contribution < -0.4 is 10.2 Å². The van der Waals surface area contributed by atoms with E-state index in [1.807, 2.05) is 0 Å². The van der Waals surface area contributed by atoms with Gasteiger partial charge in [0.05, 0.1) is 12.3 Å². The molecule has 10 nitrogen and oxygen atoms in total. The predicted molar refractivity (Wildman–Crippen MR) is 80.3 cm³/mol. The summed E-state index contributed by atoms with van der Waals surface area (Å²) in [6, 6.07) is 5.08. The molecule has 12 heteroatoms. The van der Waals surface area contributed by atoms with Gasteiger partial charge in [0, 0.05) is 10.6 Å². The number of rotatable bonds is 5. The molecular formula is C10H10N5O5PS.